The van der Waals surface area contributed by atoms with Gasteiger partial charge in [-0.15, -0.1) is 0 Å². The topological polar surface area (TPSA) is 90.0 Å². The Morgan fingerprint density at radius 1 is 1.38 bits per heavy atom. The van der Waals surface area contributed by atoms with E-state index in [0.29, 0.717) is 12.1 Å². The lowest BCUT2D eigenvalue weighted by molar-refractivity contribution is 0.600. The van der Waals surface area contributed by atoms with E-state index in [9.17, 15) is 8.42 Å². The second-order valence-corrected chi connectivity index (χ2v) is 6.83. The zero-order chi connectivity index (χ0) is 15.8. The largest absolute Gasteiger partial charge is 0.381 e. The second kappa shape index (κ2) is 5.75. The molecule has 1 heterocycles. The van der Waals surface area contributed by atoms with Crippen LogP contribution in [0.15, 0.2) is 23.2 Å². The van der Waals surface area contributed by atoms with Gasteiger partial charge in [0.1, 0.15) is 4.90 Å². The molecule has 0 amide bonds. The molecule has 0 atom stereocenters. The number of aromatic nitrogens is 2. The minimum atomic E-state index is -3.92. The van der Waals surface area contributed by atoms with Gasteiger partial charge in [0.2, 0.25) is 0 Å². The lowest BCUT2D eigenvalue weighted by Gasteiger charge is -2.12. The molecule has 0 unspecified atom stereocenters. The van der Waals surface area contributed by atoms with Gasteiger partial charge in [-0.25, -0.2) is 8.42 Å². The molecule has 0 saturated heterocycles. The van der Waals surface area contributed by atoms with Gasteiger partial charge in [0.15, 0.2) is 5.82 Å². The monoisotopic (exact) mass is 348 g/mol. The van der Waals surface area contributed by atoms with E-state index in [2.05, 4.69) is 9.82 Å². The fourth-order valence-corrected chi connectivity index (χ4v) is 3.47. The van der Waals surface area contributed by atoms with Crippen LogP contribution < -0.4 is 10.5 Å². The molecule has 0 spiro atoms. The first kappa shape index (κ1) is 15.9. The van der Waals surface area contributed by atoms with Gasteiger partial charge < -0.3 is 5.73 Å². The van der Waals surface area contributed by atoms with Gasteiger partial charge in [-0.1, -0.05) is 29.3 Å². The van der Waals surface area contributed by atoms with Gasteiger partial charge in [-0.2, -0.15) is 5.10 Å². The van der Waals surface area contributed by atoms with Crippen molar-refractivity contribution in [3.05, 3.63) is 33.9 Å². The molecule has 114 valence electrons. The third kappa shape index (κ3) is 3.09. The van der Waals surface area contributed by atoms with Crippen LogP contribution >= 0.6 is 23.2 Å². The lowest BCUT2D eigenvalue weighted by Crippen LogP contribution is -2.14. The predicted octanol–water partition coefficient (Wildman–Crippen LogP) is 2.90. The number of aryl methyl sites for hydroxylation is 2. The van der Waals surface area contributed by atoms with E-state index in [1.165, 1.54) is 10.9 Å². The molecule has 0 aliphatic heterocycles. The first-order valence-electron chi connectivity index (χ1n) is 6.06. The molecule has 21 heavy (non-hydrogen) atoms. The highest BCUT2D eigenvalue weighted by Gasteiger charge is 2.23. The van der Waals surface area contributed by atoms with Crippen LogP contribution in [0.2, 0.25) is 10.0 Å². The number of nitrogens with one attached hydrogen (secondary N) is 1. The normalized spacial score (nSPS) is 11.6. The number of hydrogen-bond donors (Lipinski definition) is 2. The van der Waals surface area contributed by atoms with Crippen molar-refractivity contribution in [2.75, 3.05) is 10.5 Å². The summed E-state index contributed by atoms with van der Waals surface area (Å²) in [4.78, 5) is -0.113. The highest BCUT2D eigenvalue weighted by atomic mass is 35.5. The molecule has 2 rings (SSSR count). The lowest BCUT2D eigenvalue weighted by atomic mass is 10.2. The summed E-state index contributed by atoms with van der Waals surface area (Å²) in [6.07, 6.45) is 1.36. The van der Waals surface area contributed by atoms with E-state index in [-0.39, 0.29) is 26.4 Å². The highest BCUT2D eigenvalue weighted by molar-refractivity contribution is 7.92. The first-order valence-corrected chi connectivity index (χ1v) is 8.30. The average Bonchev–Trinajstić information content (AvgIpc) is 2.81. The summed E-state index contributed by atoms with van der Waals surface area (Å²) in [6.45, 7) is 4.08. The van der Waals surface area contributed by atoms with E-state index >= 15 is 0 Å². The Hall–Kier alpha value is -1.44. The van der Waals surface area contributed by atoms with Crippen LogP contribution in [0.3, 0.4) is 0 Å². The molecule has 6 nitrogen and oxygen atoms in total. The molecule has 0 fully saturated rings. The van der Waals surface area contributed by atoms with Gasteiger partial charge >= 0.3 is 0 Å². The number of nitrogen functional groups attached to an aromatic ring is 1. The number of nitrogens with two attached hydrogens (primary N) is 1. The number of hydrogen-bond acceptors (Lipinski definition) is 4. The number of sulfonamides is 1. The first-order chi connectivity index (χ1) is 9.76. The number of rotatable bonds is 4. The van der Waals surface area contributed by atoms with Crippen LogP contribution in [0.5, 0.6) is 0 Å². The van der Waals surface area contributed by atoms with Crippen molar-refractivity contribution in [1.29, 1.82) is 0 Å². The number of halogens is 2. The Morgan fingerprint density at radius 3 is 2.62 bits per heavy atom. The third-order valence-electron chi connectivity index (χ3n) is 2.89. The van der Waals surface area contributed by atoms with Crippen molar-refractivity contribution < 1.29 is 8.42 Å². The predicted molar refractivity (Wildman–Crippen MR) is 84.3 cm³/mol. The Bertz CT molecular complexity index is 787. The molecule has 2 aromatic rings. The number of benzene rings is 1. The van der Waals surface area contributed by atoms with Gasteiger partial charge in [0, 0.05) is 12.7 Å². The molecule has 0 aliphatic carbocycles. The van der Waals surface area contributed by atoms with Crippen molar-refractivity contribution >= 4 is 44.7 Å². The summed E-state index contributed by atoms with van der Waals surface area (Å²) in [6, 6.07) is 3.27. The van der Waals surface area contributed by atoms with Crippen molar-refractivity contribution in [3.8, 4) is 0 Å². The van der Waals surface area contributed by atoms with Crippen molar-refractivity contribution in [2.45, 2.75) is 25.3 Å². The molecule has 0 bridgehead atoms. The number of nitrogens with zero attached hydrogens (tertiary/aromatic N) is 2. The standard InChI is InChI=1S/C12H14Cl2N4O2S/c1-3-18-6-9(12(15)16-18)21(19,20)17-11-8(13)5-4-7(2)10(11)14/h4-6,17H,3H2,1-2H3,(H2,15,16). The van der Waals surface area contributed by atoms with Crippen LogP contribution in [0.25, 0.3) is 0 Å². The molecule has 3 N–H and O–H groups in total. The van der Waals surface area contributed by atoms with Gasteiger partial charge in [-0.3, -0.25) is 9.40 Å². The summed E-state index contributed by atoms with van der Waals surface area (Å²) in [5.41, 5.74) is 6.48. The van der Waals surface area contributed by atoms with Crippen molar-refractivity contribution in [1.82, 2.24) is 9.78 Å². The Kier molecular flexibility index (Phi) is 4.36. The van der Waals surface area contributed by atoms with Gasteiger partial charge in [0.25, 0.3) is 10.0 Å². The van der Waals surface area contributed by atoms with Crippen molar-refractivity contribution in [3.63, 3.8) is 0 Å². The quantitative estimate of drug-likeness (QED) is 0.888. The van der Waals surface area contributed by atoms with Crippen LogP contribution in [-0.4, -0.2) is 18.2 Å². The maximum absolute atomic E-state index is 12.4. The fraction of sp³-hybridized carbons (Fsp3) is 0.250. The summed E-state index contributed by atoms with van der Waals surface area (Å²) in [5.74, 6) is -0.0794. The highest BCUT2D eigenvalue weighted by Crippen LogP contribution is 2.34. The molecule has 9 heteroatoms. The Balaban J connectivity index is 2.47. The summed E-state index contributed by atoms with van der Waals surface area (Å²) < 4.78 is 28.6. The van der Waals surface area contributed by atoms with Crippen LogP contribution in [-0.2, 0) is 16.6 Å². The maximum atomic E-state index is 12.4. The van der Waals surface area contributed by atoms with Gasteiger partial charge in [-0.05, 0) is 25.5 Å². The van der Waals surface area contributed by atoms with E-state index in [1.807, 2.05) is 6.92 Å². The smallest absolute Gasteiger partial charge is 0.267 e. The maximum Gasteiger partial charge on any atom is 0.267 e. The molecule has 1 aromatic heterocycles. The Labute approximate surface area is 132 Å². The average molecular weight is 349 g/mol. The molecule has 1 aromatic carbocycles. The molecule has 0 saturated carbocycles. The van der Waals surface area contributed by atoms with E-state index in [4.69, 9.17) is 28.9 Å². The van der Waals surface area contributed by atoms with Crippen LogP contribution in [0, 0.1) is 6.92 Å². The fourth-order valence-electron chi connectivity index (χ4n) is 1.73. The summed E-state index contributed by atoms with van der Waals surface area (Å²) in [5, 5.41) is 4.36. The molecule has 0 aliphatic rings. The molecular weight excluding hydrogens is 335 g/mol. The van der Waals surface area contributed by atoms with Gasteiger partial charge in [0.05, 0.1) is 15.7 Å². The zero-order valence-electron chi connectivity index (χ0n) is 11.4. The summed E-state index contributed by atoms with van der Waals surface area (Å²) >= 11 is 12.1. The zero-order valence-corrected chi connectivity index (χ0v) is 13.7. The second-order valence-electron chi connectivity index (χ2n) is 4.39. The van der Waals surface area contributed by atoms with Crippen molar-refractivity contribution in [2.24, 2.45) is 0 Å². The summed E-state index contributed by atoms with van der Waals surface area (Å²) in [7, 11) is -3.92. The van der Waals surface area contributed by atoms with Crippen LogP contribution in [0.4, 0.5) is 11.5 Å². The SMILES string of the molecule is CCn1cc(S(=O)(=O)Nc2c(Cl)ccc(C)c2Cl)c(N)n1. The minimum Gasteiger partial charge on any atom is -0.381 e. The molecule has 0 radical (unpaired) electrons. The third-order valence-corrected chi connectivity index (χ3v) is 5.06. The molecular formula is C12H14Cl2N4O2S. The minimum absolute atomic E-state index is 0.0794. The number of anilines is 2. The van der Waals surface area contributed by atoms with E-state index in [0.717, 1.165) is 0 Å². The van der Waals surface area contributed by atoms with E-state index in [1.54, 1.807) is 19.1 Å². The van der Waals surface area contributed by atoms with Crippen LogP contribution in [0.1, 0.15) is 12.5 Å². The Morgan fingerprint density at radius 2 is 2.05 bits per heavy atom. The van der Waals surface area contributed by atoms with E-state index < -0.39 is 10.0 Å².